The monoisotopic (exact) mass is 814 g/mol. The molecule has 1 heterocycles. The highest BCUT2D eigenvalue weighted by molar-refractivity contribution is 6.11. The first-order valence-corrected chi connectivity index (χ1v) is 22.0. The summed E-state index contributed by atoms with van der Waals surface area (Å²) in [5.41, 5.74) is 16.4. The topological polar surface area (TPSA) is 8.17 Å². The lowest BCUT2D eigenvalue weighted by molar-refractivity contribution is 1.18. The number of fused-ring (bicyclic) bond motifs is 5. The van der Waals surface area contributed by atoms with E-state index in [-0.39, 0.29) is 0 Å². The van der Waals surface area contributed by atoms with Gasteiger partial charge in [-0.15, -0.1) is 0 Å². The maximum Gasteiger partial charge on any atom is 0.0547 e. The van der Waals surface area contributed by atoms with Gasteiger partial charge in [0, 0.05) is 33.4 Å². The predicted molar refractivity (Wildman–Crippen MR) is 272 cm³/mol. The molecule has 0 bridgehead atoms. The summed E-state index contributed by atoms with van der Waals surface area (Å²) >= 11 is 0. The van der Waals surface area contributed by atoms with E-state index in [9.17, 15) is 0 Å². The van der Waals surface area contributed by atoms with Crippen molar-refractivity contribution in [3.05, 3.63) is 255 Å². The molecule has 0 aliphatic heterocycles. The highest BCUT2D eigenvalue weighted by Gasteiger charge is 2.20. The number of para-hydroxylation sites is 3. The molecule has 0 spiro atoms. The maximum atomic E-state index is 2.42. The third kappa shape index (κ3) is 6.52. The third-order valence-electron chi connectivity index (χ3n) is 12.8. The summed E-state index contributed by atoms with van der Waals surface area (Å²) in [6.45, 7) is 0. The Labute approximate surface area is 373 Å². The second kappa shape index (κ2) is 15.8. The van der Waals surface area contributed by atoms with Crippen molar-refractivity contribution in [2.75, 3.05) is 4.90 Å². The minimum absolute atomic E-state index is 1.08. The van der Waals surface area contributed by atoms with E-state index >= 15 is 0 Å². The minimum Gasteiger partial charge on any atom is -0.310 e. The second-order valence-corrected chi connectivity index (χ2v) is 16.5. The van der Waals surface area contributed by atoms with Crippen molar-refractivity contribution in [1.82, 2.24) is 4.57 Å². The van der Waals surface area contributed by atoms with Crippen LogP contribution < -0.4 is 4.90 Å². The van der Waals surface area contributed by atoms with Crippen LogP contribution in [0.15, 0.2) is 255 Å². The Bertz CT molecular complexity index is 3640. The molecule has 0 aliphatic carbocycles. The van der Waals surface area contributed by atoms with Crippen LogP contribution in [0.5, 0.6) is 0 Å². The van der Waals surface area contributed by atoms with Gasteiger partial charge in [-0.1, -0.05) is 194 Å². The van der Waals surface area contributed by atoms with Gasteiger partial charge in [-0.3, -0.25) is 0 Å². The van der Waals surface area contributed by atoms with Crippen molar-refractivity contribution in [2.45, 2.75) is 0 Å². The van der Waals surface area contributed by atoms with Crippen LogP contribution in [0.2, 0.25) is 0 Å². The molecule has 11 aromatic carbocycles. The fourth-order valence-electron chi connectivity index (χ4n) is 9.73. The molecule has 300 valence electrons. The van der Waals surface area contributed by atoms with Gasteiger partial charge in [0.1, 0.15) is 0 Å². The van der Waals surface area contributed by atoms with Crippen LogP contribution in [0.25, 0.3) is 93.5 Å². The largest absolute Gasteiger partial charge is 0.310 e. The minimum atomic E-state index is 1.08. The van der Waals surface area contributed by atoms with Gasteiger partial charge in [0.15, 0.2) is 0 Å². The molecule has 0 saturated carbocycles. The molecule has 0 saturated heterocycles. The van der Waals surface area contributed by atoms with Crippen LogP contribution in [-0.2, 0) is 0 Å². The van der Waals surface area contributed by atoms with Gasteiger partial charge < -0.3 is 9.47 Å². The number of anilines is 3. The van der Waals surface area contributed by atoms with E-state index in [0.29, 0.717) is 0 Å². The molecule has 0 unspecified atom stereocenters. The Balaban J connectivity index is 1.00. The zero-order chi connectivity index (χ0) is 42.4. The molecule has 12 aromatic rings. The lowest BCUT2D eigenvalue weighted by Gasteiger charge is -2.29. The van der Waals surface area contributed by atoms with Gasteiger partial charge >= 0.3 is 0 Å². The van der Waals surface area contributed by atoms with Gasteiger partial charge in [-0.2, -0.15) is 0 Å². The normalized spacial score (nSPS) is 11.4. The van der Waals surface area contributed by atoms with E-state index in [4.69, 9.17) is 0 Å². The van der Waals surface area contributed by atoms with Crippen molar-refractivity contribution in [3.8, 4) is 50.2 Å². The molecule has 0 radical (unpaired) electrons. The molecular weight excluding hydrogens is 773 g/mol. The van der Waals surface area contributed by atoms with E-state index in [1.807, 2.05) is 0 Å². The summed E-state index contributed by atoms with van der Waals surface area (Å²) in [5.74, 6) is 0. The molecule has 64 heavy (non-hydrogen) atoms. The van der Waals surface area contributed by atoms with Gasteiger partial charge in [-0.25, -0.2) is 0 Å². The number of nitrogens with zero attached hydrogens (tertiary/aromatic N) is 2. The molecule has 0 amide bonds. The number of benzene rings is 11. The van der Waals surface area contributed by atoms with Crippen molar-refractivity contribution in [2.24, 2.45) is 0 Å². The van der Waals surface area contributed by atoms with Crippen LogP contribution in [0, 0.1) is 0 Å². The maximum absolute atomic E-state index is 2.42. The molecule has 2 nitrogen and oxygen atoms in total. The van der Waals surface area contributed by atoms with Crippen molar-refractivity contribution >= 4 is 60.4 Å². The van der Waals surface area contributed by atoms with Crippen molar-refractivity contribution < 1.29 is 0 Å². The van der Waals surface area contributed by atoms with Crippen LogP contribution in [0.3, 0.4) is 0 Å². The molecular formula is C62H42N2. The van der Waals surface area contributed by atoms with E-state index in [2.05, 4.69) is 264 Å². The van der Waals surface area contributed by atoms with Gasteiger partial charge in [0.25, 0.3) is 0 Å². The SMILES string of the molecule is c1ccc(-c2cccc3cccc(-c4ccccc4N(c4ccc(-c5ccc6ccccc6c5)cc4)c4ccc(-c5ccc6c7ccccc7n(-c7ccccc7)c6c5)cc4)c23)cc1. The van der Waals surface area contributed by atoms with Gasteiger partial charge in [0.05, 0.1) is 16.7 Å². The van der Waals surface area contributed by atoms with Crippen molar-refractivity contribution in [1.29, 1.82) is 0 Å². The van der Waals surface area contributed by atoms with Gasteiger partial charge in [0.2, 0.25) is 0 Å². The third-order valence-corrected chi connectivity index (χ3v) is 12.8. The second-order valence-electron chi connectivity index (χ2n) is 16.5. The summed E-state index contributed by atoms with van der Waals surface area (Å²) in [5, 5.41) is 7.45. The Morgan fingerprint density at radius 1 is 0.281 bits per heavy atom. The number of aromatic nitrogens is 1. The first kappa shape index (κ1) is 37.3. The zero-order valence-corrected chi connectivity index (χ0v) is 35.1. The average Bonchev–Trinajstić information content (AvgIpc) is 3.71. The van der Waals surface area contributed by atoms with Crippen LogP contribution in [0.4, 0.5) is 17.1 Å². The quantitative estimate of drug-likeness (QED) is 0.148. The number of hydrogen-bond donors (Lipinski definition) is 0. The number of rotatable bonds is 8. The Morgan fingerprint density at radius 3 is 1.56 bits per heavy atom. The van der Waals surface area contributed by atoms with Crippen LogP contribution >= 0.6 is 0 Å². The highest BCUT2D eigenvalue weighted by atomic mass is 15.1. The van der Waals surface area contributed by atoms with E-state index < -0.39 is 0 Å². The smallest absolute Gasteiger partial charge is 0.0547 e. The van der Waals surface area contributed by atoms with E-state index in [0.717, 1.165) is 28.3 Å². The Hall–Kier alpha value is -8.46. The molecule has 0 N–H and O–H groups in total. The summed E-state index contributed by atoms with van der Waals surface area (Å²) in [7, 11) is 0. The molecule has 0 atom stereocenters. The lowest BCUT2D eigenvalue weighted by Crippen LogP contribution is -2.11. The summed E-state index contributed by atoms with van der Waals surface area (Å²) in [6.07, 6.45) is 0. The first-order valence-electron chi connectivity index (χ1n) is 22.0. The molecule has 1 aromatic heterocycles. The summed E-state index contributed by atoms with van der Waals surface area (Å²) in [6, 6.07) is 92.7. The fraction of sp³-hybridized carbons (Fsp3) is 0. The molecule has 0 fully saturated rings. The van der Waals surface area contributed by atoms with E-state index in [1.165, 1.54) is 82.3 Å². The Kier molecular flexibility index (Phi) is 9.20. The summed E-state index contributed by atoms with van der Waals surface area (Å²) < 4.78 is 2.39. The highest BCUT2D eigenvalue weighted by Crippen LogP contribution is 2.45. The lowest BCUT2D eigenvalue weighted by atomic mass is 9.90. The standard InChI is InChI=1S/C62H42N2/c1-3-16-46(17-4-1)54-25-13-19-47-20-14-26-58(62(47)54)56-24-10-11-27-59(56)63(52-36-31-44(32-37-52)49-30-29-43-15-7-8-18-48(43)41-49)53-38-33-45(34-39-53)50-35-40-57-55-23-9-12-28-60(55)64(61(57)42-50)51-21-5-2-6-22-51/h1-42H. The van der Waals surface area contributed by atoms with Crippen LogP contribution in [0.1, 0.15) is 0 Å². The van der Waals surface area contributed by atoms with Crippen LogP contribution in [-0.4, -0.2) is 4.57 Å². The predicted octanol–water partition coefficient (Wildman–Crippen LogP) is 17.2. The Morgan fingerprint density at radius 2 is 0.812 bits per heavy atom. The molecule has 0 aliphatic rings. The van der Waals surface area contributed by atoms with Gasteiger partial charge in [-0.05, 0) is 121 Å². The fourth-order valence-corrected chi connectivity index (χ4v) is 9.73. The molecule has 2 heteroatoms. The number of hydrogen-bond acceptors (Lipinski definition) is 1. The summed E-state index contributed by atoms with van der Waals surface area (Å²) in [4.78, 5) is 2.42. The first-order chi connectivity index (χ1) is 31.7. The van der Waals surface area contributed by atoms with E-state index in [1.54, 1.807) is 0 Å². The molecule has 12 rings (SSSR count). The van der Waals surface area contributed by atoms with Crippen molar-refractivity contribution in [3.63, 3.8) is 0 Å². The zero-order valence-electron chi connectivity index (χ0n) is 35.1. The average molecular weight is 815 g/mol.